The highest BCUT2D eigenvalue weighted by Gasteiger charge is 2.42. The van der Waals surface area contributed by atoms with Crippen molar-refractivity contribution in [3.8, 4) is 6.07 Å². The molecule has 4 unspecified atom stereocenters. The summed E-state index contributed by atoms with van der Waals surface area (Å²) < 4.78 is 0. The molecule has 19 heavy (non-hydrogen) atoms. The van der Waals surface area contributed by atoms with Gasteiger partial charge in [-0.3, -0.25) is 5.32 Å². The van der Waals surface area contributed by atoms with Crippen LogP contribution >= 0.6 is 11.8 Å². The maximum Gasteiger partial charge on any atom is 0.109 e. The van der Waals surface area contributed by atoms with Crippen LogP contribution in [0.4, 0.5) is 0 Å². The number of rotatable bonds is 7. The molecule has 3 nitrogen and oxygen atoms in total. The molecule has 0 aromatic heterocycles. The fraction of sp³-hybridized carbons (Fsp3) is 0.933. The summed E-state index contributed by atoms with van der Waals surface area (Å²) in [6.07, 6.45) is 4.08. The van der Waals surface area contributed by atoms with E-state index in [9.17, 15) is 10.4 Å². The Morgan fingerprint density at radius 2 is 2.11 bits per heavy atom. The third-order valence-corrected chi connectivity index (χ3v) is 5.48. The van der Waals surface area contributed by atoms with Crippen molar-refractivity contribution >= 4 is 11.8 Å². The van der Waals surface area contributed by atoms with Gasteiger partial charge >= 0.3 is 0 Å². The van der Waals surface area contributed by atoms with E-state index < -0.39 is 0 Å². The fourth-order valence-corrected chi connectivity index (χ4v) is 3.96. The van der Waals surface area contributed by atoms with Crippen LogP contribution in [0.25, 0.3) is 0 Å². The Labute approximate surface area is 122 Å². The van der Waals surface area contributed by atoms with E-state index in [2.05, 4.69) is 32.2 Å². The van der Waals surface area contributed by atoms with Crippen LogP contribution in [0, 0.1) is 17.2 Å². The predicted molar refractivity (Wildman–Crippen MR) is 82.2 cm³/mol. The summed E-state index contributed by atoms with van der Waals surface area (Å²) >= 11 is 1.81. The third kappa shape index (κ3) is 4.66. The molecule has 4 atom stereocenters. The highest BCUT2D eigenvalue weighted by Crippen LogP contribution is 2.39. The number of hydrogen-bond acceptors (Lipinski definition) is 4. The Hall–Kier alpha value is -0.240. The highest BCUT2D eigenvalue weighted by molar-refractivity contribution is 7.99. The Morgan fingerprint density at radius 3 is 2.63 bits per heavy atom. The molecule has 0 aliphatic heterocycles. The first kappa shape index (κ1) is 16.8. The molecule has 0 amide bonds. The van der Waals surface area contributed by atoms with E-state index in [0.29, 0.717) is 12.0 Å². The molecule has 0 aromatic rings. The first-order chi connectivity index (χ1) is 8.91. The van der Waals surface area contributed by atoms with Gasteiger partial charge in [0.1, 0.15) is 5.54 Å². The van der Waals surface area contributed by atoms with Gasteiger partial charge in [0.05, 0.1) is 12.2 Å². The standard InChI is InChI=1S/C15H28N2OS/c1-11(2)17-15(10-16)8-5-6-14(15)7-9-19-13(4)12(3)18/h11-14,17-18H,5-9H2,1-4H3. The Morgan fingerprint density at radius 1 is 1.42 bits per heavy atom. The number of hydrogen-bond donors (Lipinski definition) is 2. The van der Waals surface area contributed by atoms with Crippen LogP contribution < -0.4 is 5.32 Å². The fourth-order valence-electron chi connectivity index (χ4n) is 2.89. The minimum atomic E-state index is -0.317. The van der Waals surface area contributed by atoms with Crippen molar-refractivity contribution in [3.05, 3.63) is 0 Å². The number of thioether (sulfide) groups is 1. The topological polar surface area (TPSA) is 56.0 Å². The monoisotopic (exact) mass is 284 g/mol. The maximum atomic E-state index is 9.57. The molecular weight excluding hydrogens is 256 g/mol. The summed E-state index contributed by atoms with van der Waals surface area (Å²) in [6.45, 7) is 8.12. The largest absolute Gasteiger partial charge is 0.392 e. The zero-order chi connectivity index (χ0) is 14.5. The van der Waals surface area contributed by atoms with E-state index in [0.717, 1.165) is 31.4 Å². The van der Waals surface area contributed by atoms with Gasteiger partial charge < -0.3 is 5.11 Å². The lowest BCUT2D eigenvalue weighted by atomic mass is 9.86. The van der Waals surface area contributed by atoms with Crippen molar-refractivity contribution in [2.24, 2.45) is 5.92 Å². The van der Waals surface area contributed by atoms with Gasteiger partial charge in [-0.15, -0.1) is 0 Å². The summed E-state index contributed by atoms with van der Waals surface area (Å²) in [7, 11) is 0. The van der Waals surface area contributed by atoms with Crippen LogP contribution in [-0.4, -0.2) is 33.8 Å². The van der Waals surface area contributed by atoms with Gasteiger partial charge in [-0.1, -0.05) is 13.3 Å². The Kier molecular flexibility index (Phi) is 6.65. The third-order valence-electron chi connectivity index (χ3n) is 4.09. The molecule has 1 fully saturated rings. The van der Waals surface area contributed by atoms with Crippen molar-refractivity contribution in [2.45, 2.75) is 76.3 Å². The van der Waals surface area contributed by atoms with E-state index in [1.165, 1.54) is 0 Å². The SMILES string of the molecule is CC(C)NC1(C#N)CCCC1CCSC(C)C(C)O. The lowest BCUT2D eigenvalue weighted by molar-refractivity contribution is 0.196. The minimum absolute atomic E-state index is 0.261. The summed E-state index contributed by atoms with van der Waals surface area (Å²) in [4.78, 5) is 0. The van der Waals surface area contributed by atoms with Gasteiger partial charge in [0.15, 0.2) is 0 Å². The summed E-state index contributed by atoms with van der Waals surface area (Å²) in [5.41, 5.74) is -0.317. The number of aliphatic hydroxyl groups excluding tert-OH is 1. The Bertz CT molecular complexity index is 314. The molecule has 1 aliphatic rings. The smallest absolute Gasteiger partial charge is 0.109 e. The van der Waals surface area contributed by atoms with Gasteiger partial charge in [-0.05, 0) is 51.7 Å². The molecule has 2 N–H and O–H groups in total. The maximum absolute atomic E-state index is 9.57. The number of nitriles is 1. The van der Waals surface area contributed by atoms with Crippen molar-refractivity contribution in [1.82, 2.24) is 5.32 Å². The number of aliphatic hydroxyl groups is 1. The average molecular weight is 284 g/mol. The summed E-state index contributed by atoms with van der Waals surface area (Å²) in [5.74, 6) is 1.48. The molecule has 0 radical (unpaired) electrons. The minimum Gasteiger partial charge on any atom is -0.392 e. The first-order valence-corrected chi connectivity index (χ1v) is 8.45. The zero-order valence-corrected chi connectivity index (χ0v) is 13.5. The predicted octanol–water partition coefficient (Wildman–Crippen LogP) is 2.94. The van der Waals surface area contributed by atoms with Crippen LogP contribution in [-0.2, 0) is 0 Å². The molecule has 0 aromatic carbocycles. The van der Waals surface area contributed by atoms with Crippen LogP contribution in [0.5, 0.6) is 0 Å². The van der Waals surface area contributed by atoms with Crippen molar-refractivity contribution in [1.29, 1.82) is 5.26 Å². The van der Waals surface area contributed by atoms with Crippen LogP contribution in [0.3, 0.4) is 0 Å². The van der Waals surface area contributed by atoms with Crippen molar-refractivity contribution in [2.75, 3.05) is 5.75 Å². The molecule has 1 rings (SSSR count). The molecule has 0 spiro atoms. The van der Waals surface area contributed by atoms with Gasteiger partial charge in [-0.2, -0.15) is 17.0 Å². The lowest BCUT2D eigenvalue weighted by Crippen LogP contribution is -2.50. The molecular formula is C15H28N2OS. The number of nitrogens with one attached hydrogen (secondary N) is 1. The van der Waals surface area contributed by atoms with Gasteiger partial charge in [0, 0.05) is 11.3 Å². The van der Waals surface area contributed by atoms with Crippen LogP contribution in [0.15, 0.2) is 0 Å². The van der Waals surface area contributed by atoms with E-state index in [1.807, 2.05) is 18.7 Å². The number of nitrogens with zero attached hydrogens (tertiary/aromatic N) is 1. The molecule has 0 bridgehead atoms. The quantitative estimate of drug-likeness (QED) is 0.754. The van der Waals surface area contributed by atoms with Crippen molar-refractivity contribution in [3.63, 3.8) is 0 Å². The van der Waals surface area contributed by atoms with Gasteiger partial charge in [-0.25, -0.2) is 0 Å². The van der Waals surface area contributed by atoms with E-state index in [4.69, 9.17) is 0 Å². The second kappa shape index (κ2) is 7.52. The lowest BCUT2D eigenvalue weighted by Gasteiger charge is -2.32. The first-order valence-electron chi connectivity index (χ1n) is 7.40. The normalized spacial score (nSPS) is 30.3. The molecule has 1 saturated carbocycles. The van der Waals surface area contributed by atoms with Crippen molar-refractivity contribution < 1.29 is 5.11 Å². The molecule has 110 valence electrons. The molecule has 1 aliphatic carbocycles. The summed E-state index contributed by atoms with van der Waals surface area (Å²) in [6, 6.07) is 2.90. The van der Waals surface area contributed by atoms with Crippen LogP contribution in [0.2, 0.25) is 0 Å². The average Bonchev–Trinajstić information content (AvgIpc) is 2.71. The second-order valence-electron chi connectivity index (χ2n) is 6.08. The molecule has 0 heterocycles. The van der Waals surface area contributed by atoms with Gasteiger partial charge in [0.25, 0.3) is 0 Å². The molecule has 4 heteroatoms. The summed E-state index contributed by atoms with van der Waals surface area (Å²) in [5, 5.41) is 22.8. The van der Waals surface area contributed by atoms with Crippen LogP contribution in [0.1, 0.15) is 53.4 Å². The Balaban J connectivity index is 2.50. The van der Waals surface area contributed by atoms with Gasteiger partial charge in [0.2, 0.25) is 0 Å². The highest BCUT2D eigenvalue weighted by atomic mass is 32.2. The van der Waals surface area contributed by atoms with E-state index in [-0.39, 0.29) is 16.9 Å². The van der Waals surface area contributed by atoms with E-state index >= 15 is 0 Å². The van der Waals surface area contributed by atoms with E-state index in [1.54, 1.807) is 0 Å². The molecule has 0 saturated heterocycles. The second-order valence-corrected chi connectivity index (χ2v) is 7.56. The zero-order valence-electron chi connectivity index (χ0n) is 12.6.